The van der Waals surface area contributed by atoms with Crippen molar-refractivity contribution in [2.24, 2.45) is 0 Å². The number of carbonyl (C=O) groups excluding carboxylic acids is 1. The van der Waals surface area contributed by atoms with Gasteiger partial charge < -0.3 is 0 Å². The average molecular weight is 338 g/mol. The second-order valence-electron chi connectivity index (χ2n) is 4.76. The number of nitrogens with one attached hydrogen (secondary N) is 1. The number of hydrogen-bond donors (Lipinski definition) is 1. The number of sulfonamides is 1. The highest BCUT2D eigenvalue weighted by atomic mass is 35.5. The zero-order valence-corrected chi connectivity index (χ0v) is 13.6. The molecule has 0 aliphatic carbocycles. The van der Waals surface area contributed by atoms with Crippen LogP contribution in [0.4, 0.5) is 0 Å². The molecule has 2 aromatic carbocycles. The van der Waals surface area contributed by atoms with Crippen molar-refractivity contribution in [1.29, 1.82) is 0 Å². The third-order valence-electron chi connectivity index (χ3n) is 3.21. The zero-order chi connectivity index (χ0) is 16.2. The first kappa shape index (κ1) is 16.7. The topological polar surface area (TPSA) is 63.2 Å². The number of benzene rings is 2. The van der Waals surface area contributed by atoms with Gasteiger partial charge in [0.15, 0.2) is 5.78 Å². The van der Waals surface area contributed by atoms with Gasteiger partial charge in [-0.25, -0.2) is 13.1 Å². The third kappa shape index (κ3) is 4.16. The standard InChI is InChI=1S/C16H16ClNO3S/c1-2-12-6-8-15(9-7-12)22(20,21)18-11-16(19)13-4-3-5-14(17)10-13/h3-10,18H,2,11H2,1H3. The lowest BCUT2D eigenvalue weighted by atomic mass is 10.1. The largest absolute Gasteiger partial charge is 0.293 e. The normalized spacial score (nSPS) is 11.4. The summed E-state index contributed by atoms with van der Waals surface area (Å²) in [5.74, 6) is -0.337. The van der Waals surface area contributed by atoms with Crippen molar-refractivity contribution in [2.75, 3.05) is 6.54 Å². The maximum Gasteiger partial charge on any atom is 0.240 e. The van der Waals surface area contributed by atoms with E-state index < -0.39 is 10.0 Å². The van der Waals surface area contributed by atoms with E-state index in [4.69, 9.17) is 11.6 Å². The van der Waals surface area contributed by atoms with Crippen LogP contribution in [0.2, 0.25) is 5.02 Å². The van der Waals surface area contributed by atoms with Crippen molar-refractivity contribution in [3.63, 3.8) is 0 Å². The second-order valence-corrected chi connectivity index (χ2v) is 6.96. The van der Waals surface area contributed by atoms with Gasteiger partial charge in [0.25, 0.3) is 0 Å². The zero-order valence-electron chi connectivity index (χ0n) is 12.0. The van der Waals surface area contributed by atoms with Gasteiger partial charge in [-0.2, -0.15) is 0 Å². The third-order valence-corrected chi connectivity index (χ3v) is 4.86. The summed E-state index contributed by atoms with van der Waals surface area (Å²) >= 11 is 5.81. The minimum atomic E-state index is -3.70. The summed E-state index contributed by atoms with van der Waals surface area (Å²) in [7, 11) is -3.70. The Morgan fingerprint density at radius 1 is 1.14 bits per heavy atom. The van der Waals surface area contributed by atoms with E-state index in [-0.39, 0.29) is 17.2 Å². The molecule has 0 heterocycles. The van der Waals surface area contributed by atoms with Gasteiger partial charge >= 0.3 is 0 Å². The van der Waals surface area contributed by atoms with E-state index in [0.717, 1.165) is 12.0 Å². The van der Waals surface area contributed by atoms with E-state index in [9.17, 15) is 13.2 Å². The van der Waals surface area contributed by atoms with Crippen molar-refractivity contribution >= 4 is 27.4 Å². The van der Waals surface area contributed by atoms with Crippen molar-refractivity contribution in [3.05, 3.63) is 64.7 Å². The molecule has 0 unspecified atom stereocenters. The van der Waals surface area contributed by atoms with E-state index in [0.29, 0.717) is 10.6 Å². The van der Waals surface area contributed by atoms with Crippen molar-refractivity contribution < 1.29 is 13.2 Å². The van der Waals surface area contributed by atoms with Crippen LogP contribution < -0.4 is 4.72 Å². The number of Topliss-reactive ketones (excluding diaryl/α,β-unsaturated/α-hetero) is 1. The highest BCUT2D eigenvalue weighted by Crippen LogP contribution is 2.13. The Bertz CT molecular complexity index is 770. The van der Waals surface area contributed by atoms with Crippen LogP contribution in [0, 0.1) is 0 Å². The molecule has 6 heteroatoms. The lowest BCUT2D eigenvalue weighted by Crippen LogP contribution is -2.29. The molecule has 0 aliphatic heterocycles. The molecule has 0 aromatic heterocycles. The summed E-state index contributed by atoms with van der Waals surface area (Å²) in [6.07, 6.45) is 0.834. The first-order chi connectivity index (χ1) is 10.4. The molecule has 22 heavy (non-hydrogen) atoms. The first-order valence-electron chi connectivity index (χ1n) is 6.80. The predicted molar refractivity (Wildman–Crippen MR) is 86.8 cm³/mol. The Morgan fingerprint density at radius 2 is 1.82 bits per heavy atom. The molecule has 2 rings (SSSR count). The Labute approximate surface area is 135 Å². The summed E-state index contributed by atoms with van der Waals surface area (Å²) in [4.78, 5) is 12.1. The summed E-state index contributed by atoms with van der Waals surface area (Å²) in [5.41, 5.74) is 1.42. The van der Waals surface area contributed by atoms with Gasteiger partial charge in [0.2, 0.25) is 10.0 Å². The summed E-state index contributed by atoms with van der Waals surface area (Å²) in [6.45, 7) is 1.68. The minimum absolute atomic E-state index is 0.142. The molecule has 0 saturated carbocycles. The van der Waals surface area contributed by atoms with Gasteiger partial charge in [0.1, 0.15) is 0 Å². The predicted octanol–water partition coefficient (Wildman–Crippen LogP) is 3.06. The van der Waals surface area contributed by atoms with E-state index in [1.807, 2.05) is 6.92 Å². The Kier molecular flexibility index (Phi) is 5.34. The Morgan fingerprint density at radius 3 is 2.41 bits per heavy atom. The van der Waals surface area contributed by atoms with Crippen molar-refractivity contribution in [1.82, 2.24) is 4.72 Å². The molecule has 1 N–H and O–H groups in total. The van der Waals surface area contributed by atoms with Crippen molar-refractivity contribution in [3.8, 4) is 0 Å². The highest BCUT2D eigenvalue weighted by Gasteiger charge is 2.16. The number of hydrogen-bond acceptors (Lipinski definition) is 3. The van der Waals surface area contributed by atoms with Gasteiger partial charge in [-0.1, -0.05) is 42.8 Å². The molecule has 116 valence electrons. The number of halogens is 1. The van der Waals surface area contributed by atoms with Gasteiger partial charge in [0.05, 0.1) is 11.4 Å². The molecular weight excluding hydrogens is 322 g/mol. The van der Waals surface area contributed by atoms with E-state index in [1.54, 1.807) is 30.3 Å². The van der Waals surface area contributed by atoms with Crippen LogP contribution in [0.3, 0.4) is 0 Å². The summed E-state index contributed by atoms with van der Waals surface area (Å²) in [5, 5.41) is 0.434. The average Bonchev–Trinajstić information content (AvgIpc) is 2.52. The minimum Gasteiger partial charge on any atom is -0.293 e. The molecule has 0 amide bonds. The second kappa shape index (κ2) is 7.05. The van der Waals surface area contributed by atoms with Gasteiger partial charge in [-0.3, -0.25) is 4.79 Å². The SMILES string of the molecule is CCc1ccc(S(=O)(=O)NCC(=O)c2cccc(Cl)c2)cc1. The van der Waals surface area contributed by atoms with Crippen LogP contribution in [-0.2, 0) is 16.4 Å². The van der Waals surface area contributed by atoms with E-state index in [2.05, 4.69) is 4.72 Å². The number of ketones is 1. The molecule has 0 aliphatic rings. The smallest absolute Gasteiger partial charge is 0.240 e. The molecule has 2 aromatic rings. The highest BCUT2D eigenvalue weighted by molar-refractivity contribution is 7.89. The molecule has 0 radical (unpaired) electrons. The lowest BCUT2D eigenvalue weighted by Gasteiger charge is -2.07. The molecule has 0 spiro atoms. The van der Waals surface area contributed by atoms with Crippen LogP contribution in [0.15, 0.2) is 53.4 Å². The Hall–Kier alpha value is -1.69. The Balaban J connectivity index is 2.07. The van der Waals surface area contributed by atoms with Crippen LogP contribution in [0.1, 0.15) is 22.8 Å². The number of carbonyl (C=O) groups is 1. The monoisotopic (exact) mass is 337 g/mol. The molecular formula is C16H16ClNO3S. The van der Waals surface area contributed by atoms with Crippen LogP contribution in [0.5, 0.6) is 0 Å². The summed E-state index contributed by atoms with van der Waals surface area (Å²) < 4.78 is 26.6. The molecule has 0 bridgehead atoms. The van der Waals surface area contributed by atoms with Crippen molar-refractivity contribution in [2.45, 2.75) is 18.2 Å². The van der Waals surface area contributed by atoms with E-state index >= 15 is 0 Å². The fraction of sp³-hybridized carbons (Fsp3) is 0.188. The fourth-order valence-corrected chi connectivity index (χ4v) is 3.08. The number of aryl methyl sites for hydroxylation is 1. The molecule has 0 atom stereocenters. The van der Waals surface area contributed by atoms with Crippen LogP contribution in [0.25, 0.3) is 0 Å². The van der Waals surface area contributed by atoms with Crippen LogP contribution in [-0.4, -0.2) is 20.7 Å². The summed E-state index contributed by atoms with van der Waals surface area (Å²) in [6, 6.07) is 13.0. The first-order valence-corrected chi connectivity index (χ1v) is 8.66. The van der Waals surface area contributed by atoms with Gasteiger partial charge in [-0.15, -0.1) is 0 Å². The molecule has 0 saturated heterocycles. The quantitative estimate of drug-likeness (QED) is 0.824. The lowest BCUT2D eigenvalue weighted by molar-refractivity contribution is 0.0997. The molecule has 4 nitrogen and oxygen atoms in total. The number of rotatable bonds is 6. The fourth-order valence-electron chi connectivity index (χ4n) is 1.91. The maximum absolute atomic E-state index is 12.1. The maximum atomic E-state index is 12.1. The molecule has 0 fully saturated rings. The van der Waals surface area contributed by atoms with Crippen LogP contribution >= 0.6 is 11.6 Å². The van der Waals surface area contributed by atoms with Gasteiger partial charge in [-0.05, 0) is 36.2 Å². The van der Waals surface area contributed by atoms with E-state index in [1.165, 1.54) is 18.2 Å². The van der Waals surface area contributed by atoms with Gasteiger partial charge in [0, 0.05) is 10.6 Å².